The summed E-state index contributed by atoms with van der Waals surface area (Å²) in [6.07, 6.45) is 1.44. The molecule has 1 aliphatic rings. The van der Waals surface area contributed by atoms with Crippen molar-refractivity contribution < 1.29 is 14.4 Å². The van der Waals surface area contributed by atoms with Crippen molar-refractivity contribution in [2.75, 3.05) is 26.2 Å². The highest BCUT2D eigenvalue weighted by Crippen LogP contribution is 2.25. The van der Waals surface area contributed by atoms with Crippen molar-refractivity contribution in [3.63, 3.8) is 0 Å². The lowest BCUT2D eigenvalue weighted by Crippen LogP contribution is -2.53. The smallest absolute Gasteiger partial charge is 0.249 e. The Balaban J connectivity index is 1.75. The van der Waals surface area contributed by atoms with Crippen molar-refractivity contribution in [1.82, 2.24) is 15.1 Å². The van der Waals surface area contributed by atoms with Gasteiger partial charge < -0.3 is 15.1 Å². The van der Waals surface area contributed by atoms with E-state index in [2.05, 4.69) is 11.9 Å². The van der Waals surface area contributed by atoms with Gasteiger partial charge in [-0.25, -0.2) is 0 Å². The molecule has 0 radical (unpaired) electrons. The molecule has 6 nitrogen and oxygen atoms in total. The molecule has 0 saturated carbocycles. The van der Waals surface area contributed by atoms with Crippen molar-refractivity contribution in [1.29, 1.82) is 0 Å². The summed E-state index contributed by atoms with van der Waals surface area (Å²) in [4.78, 5) is 41.1. The fraction of sp³-hybridized carbons (Fsp3) is 0.261. The van der Waals surface area contributed by atoms with Gasteiger partial charge in [-0.15, -0.1) is 0 Å². The minimum atomic E-state index is -0.892. The predicted octanol–water partition coefficient (Wildman–Crippen LogP) is 2.60. The topological polar surface area (TPSA) is 69.7 Å². The fourth-order valence-electron chi connectivity index (χ4n) is 3.43. The first-order valence-corrected chi connectivity index (χ1v) is 10.1. The second kappa shape index (κ2) is 10.1. The van der Waals surface area contributed by atoms with Gasteiger partial charge in [0, 0.05) is 36.8 Å². The third-order valence-electron chi connectivity index (χ3n) is 5.05. The van der Waals surface area contributed by atoms with Gasteiger partial charge in [0.2, 0.25) is 17.7 Å². The predicted molar refractivity (Wildman–Crippen MR) is 116 cm³/mol. The molecule has 0 unspecified atom stereocenters. The number of carbonyl (C=O) groups excluding carboxylic acids is 3. The minimum Gasteiger partial charge on any atom is -0.340 e. The Hall–Kier alpha value is -3.12. The van der Waals surface area contributed by atoms with Crippen LogP contribution in [0.1, 0.15) is 17.2 Å². The maximum Gasteiger partial charge on any atom is 0.249 e. The molecule has 7 heteroatoms. The van der Waals surface area contributed by atoms with Crippen LogP contribution in [0.25, 0.3) is 0 Å². The van der Waals surface area contributed by atoms with Gasteiger partial charge >= 0.3 is 0 Å². The number of carbonyl (C=O) groups is 3. The minimum absolute atomic E-state index is 0.152. The first-order chi connectivity index (χ1) is 14.5. The summed E-state index contributed by atoms with van der Waals surface area (Å²) in [7, 11) is 0. The first kappa shape index (κ1) is 21.6. The summed E-state index contributed by atoms with van der Waals surface area (Å²) < 4.78 is 0. The highest BCUT2D eigenvalue weighted by Gasteiger charge is 2.31. The summed E-state index contributed by atoms with van der Waals surface area (Å²) in [5, 5.41) is 3.27. The van der Waals surface area contributed by atoms with E-state index < -0.39 is 6.04 Å². The van der Waals surface area contributed by atoms with Gasteiger partial charge in [-0.3, -0.25) is 14.4 Å². The van der Waals surface area contributed by atoms with Crippen molar-refractivity contribution in [2.45, 2.75) is 12.5 Å². The monoisotopic (exact) mass is 425 g/mol. The van der Waals surface area contributed by atoms with Crippen LogP contribution in [0.2, 0.25) is 5.02 Å². The summed E-state index contributed by atoms with van der Waals surface area (Å²) in [6.45, 7) is 5.11. The number of nitrogens with one attached hydrogen (secondary N) is 1. The molecule has 1 atom stereocenters. The van der Waals surface area contributed by atoms with Crippen LogP contribution < -0.4 is 5.32 Å². The maximum atomic E-state index is 13.3. The number of hydrogen-bond acceptors (Lipinski definition) is 3. The molecule has 30 heavy (non-hydrogen) atoms. The molecule has 1 aliphatic heterocycles. The Morgan fingerprint density at radius 1 is 0.967 bits per heavy atom. The zero-order chi connectivity index (χ0) is 21.5. The van der Waals surface area contributed by atoms with E-state index in [-0.39, 0.29) is 24.1 Å². The van der Waals surface area contributed by atoms with Gasteiger partial charge in [-0.1, -0.05) is 66.7 Å². The molecule has 3 rings (SSSR count). The highest BCUT2D eigenvalue weighted by atomic mass is 35.5. The molecule has 1 saturated heterocycles. The van der Waals surface area contributed by atoms with Crippen molar-refractivity contribution >= 4 is 29.3 Å². The molecule has 2 aromatic carbocycles. The second-order valence-electron chi connectivity index (χ2n) is 7.04. The molecule has 0 bridgehead atoms. The number of amides is 3. The standard InChI is InChI=1S/C23H24ClN3O3/c1-2-21(29)26-12-14-27(15-13-26)23(30)22(18-10-6-7-11-19(18)24)25-20(28)16-17-8-4-3-5-9-17/h2-11,22H,1,12-16H2,(H,25,28)/t22-/m1/s1. The number of benzene rings is 2. The molecular formula is C23H24ClN3O3. The molecule has 1 heterocycles. The van der Waals surface area contributed by atoms with E-state index >= 15 is 0 Å². The molecule has 0 aliphatic carbocycles. The van der Waals surface area contributed by atoms with Crippen LogP contribution in [-0.4, -0.2) is 53.7 Å². The highest BCUT2D eigenvalue weighted by molar-refractivity contribution is 6.31. The van der Waals surface area contributed by atoms with Crippen LogP contribution >= 0.6 is 11.6 Å². The average molecular weight is 426 g/mol. The molecule has 0 spiro atoms. The van der Waals surface area contributed by atoms with Gasteiger partial charge in [-0.2, -0.15) is 0 Å². The Labute approximate surface area is 181 Å². The lowest BCUT2D eigenvalue weighted by molar-refractivity contribution is -0.140. The van der Waals surface area contributed by atoms with E-state index in [9.17, 15) is 14.4 Å². The Morgan fingerprint density at radius 2 is 1.57 bits per heavy atom. The van der Waals surface area contributed by atoms with E-state index in [0.29, 0.717) is 36.8 Å². The van der Waals surface area contributed by atoms with E-state index in [1.165, 1.54) is 6.08 Å². The van der Waals surface area contributed by atoms with E-state index in [1.54, 1.807) is 34.1 Å². The molecule has 1 N–H and O–H groups in total. The van der Waals surface area contributed by atoms with E-state index in [1.807, 2.05) is 30.3 Å². The van der Waals surface area contributed by atoms with Crippen LogP contribution in [-0.2, 0) is 20.8 Å². The third kappa shape index (κ3) is 5.27. The van der Waals surface area contributed by atoms with E-state index in [0.717, 1.165) is 5.56 Å². The van der Waals surface area contributed by atoms with Crippen LogP contribution in [0.4, 0.5) is 0 Å². The molecule has 1 fully saturated rings. The molecule has 156 valence electrons. The quantitative estimate of drug-likeness (QED) is 0.723. The molecule has 3 amide bonds. The van der Waals surface area contributed by atoms with Crippen molar-refractivity contribution in [3.8, 4) is 0 Å². The van der Waals surface area contributed by atoms with Crippen LogP contribution in [0.5, 0.6) is 0 Å². The Morgan fingerprint density at radius 3 is 2.20 bits per heavy atom. The van der Waals surface area contributed by atoms with E-state index in [4.69, 9.17) is 11.6 Å². The number of rotatable bonds is 6. The number of halogens is 1. The summed E-state index contributed by atoms with van der Waals surface area (Å²) in [6, 6.07) is 15.4. The van der Waals surface area contributed by atoms with Gasteiger partial charge in [0.1, 0.15) is 6.04 Å². The zero-order valence-corrected chi connectivity index (χ0v) is 17.3. The number of hydrogen-bond donors (Lipinski definition) is 1. The van der Waals surface area contributed by atoms with Crippen LogP contribution in [0.3, 0.4) is 0 Å². The number of nitrogens with zero attached hydrogens (tertiary/aromatic N) is 2. The average Bonchev–Trinajstić information content (AvgIpc) is 2.78. The Bertz CT molecular complexity index is 924. The second-order valence-corrected chi connectivity index (χ2v) is 7.45. The van der Waals surface area contributed by atoms with Crippen molar-refractivity contribution in [3.05, 3.63) is 83.4 Å². The molecule has 2 aromatic rings. The molecular weight excluding hydrogens is 402 g/mol. The lowest BCUT2D eigenvalue weighted by Gasteiger charge is -2.36. The molecule has 0 aromatic heterocycles. The largest absolute Gasteiger partial charge is 0.340 e. The number of piperazine rings is 1. The van der Waals surface area contributed by atoms with Gasteiger partial charge in [0.05, 0.1) is 6.42 Å². The van der Waals surface area contributed by atoms with Gasteiger partial charge in [0.25, 0.3) is 0 Å². The first-order valence-electron chi connectivity index (χ1n) is 9.77. The van der Waals surface area contributed by atoms with Crippen molar-refractivity contribution in [2.24, 2.45) is 0 Å². The SMILES string of the molecule is C=CC(=O)N1CCN(C(=O)[C@H](NC(=O)Cc2ccccc2)c2ccccc2Cl)CC1. The normalized spacial score (nSPS) is 14.7. The third-order valence-corrected chi connectivity index (χ3v) is 5.40. The summed E-state index contributed by atoms with van der Waals surface area (Å²) in [5.74, 6) is -0.656. The fourth-order valence-corrected chi connectivity index (χ4v) is 3.68. The van der Waals surface area contributed by atoms with Crippen LogP contribution in [0.15, 0.2) is 67.3 Å². The maximum absolute atomic E-state index is 13.3. The lowest BCUT2D eigenvalue weighted by atomic mass is 10.0. The van der Waals surface area contributed by atoms with Crippen LogP contribution in [0, 0.1) is 0 Å². The van der Waals surface area contributed by atoms with Gasteiger partial charge in [-0.05, 0) is 17.7 Å². The summed E-state index contributed by atoms with van der Waals surface area (Å²) >= 11 is 6.34. The van der Waals surface area contributed by atoms with Gasteiger partial charge in [0.15, 0.2) is 0 Å². The summed E-state index contributed by atoms with van der Waals surface area (Å²) in [5.41, 5.74) is 1.41. The Kier molecular flexibility index (Phi) is 7.25. The zero-order valence-electron chi connectivity index (χ0n) is 16.6.